The van der Waals surface area contributed by atoms with E-state index in [1.54, 1.807) is 0 Å². The second-order valence-electron chi connectivity index (χ2n) is 4.14. The number of hydrogen-bond donors (Lipinski definition) is 1. The third-order valence-corrected chi connectivity index (χ3v) is 1.98. The van der Waals surface area contributed by atoms with E-state index in [0.29, 0.717) is 0 Å². The van der Waals surface area contributed by atoms with Crippen LogP contribution in [-0.4, -0.2) is 24.4 Å². The zero-order valence-electron chi connectivity index (χ0n) is 9.25. The van der Waals surface area contributed by atoms with Gasteiger partial charge in [0.05, 0.1) is 6.10 Å². The van der Waals surface area contributed by atoms with Crippen molar-refractivity contribution in [2.24, 2.45) is 5.92 Å². The van der Waals surface area contributed by atoms with E-state index in [9.17, 15) is 0 Å². The molecule has 80 valence electrons. The van der Waals surface area contributed by atoms with Gasteiger partial charge in [-0.3, -0.25) is 0 Å². The van der Waals surface area contributed by atoms with Crippen molar-refractivity contribution in [1.29, 1.82) is 0 Å². The Labute approximate surface area is 82.3 Å². The second kappa shape index (κ2) is 8.52. The maximum absolute atomic E-state index is 8.97. The van der Waals surface area contributed by atoms with Crippen LogP contribution in [0.1, 0.15) is 46.5 Å². The molecule has 0 aliphatic carbocycles. The van der Waals surface area contributed by atoms with Crippen LogP contribution in [0.15, 0.2) is 0 Å². The maximum Gasteiger partial charge on any atom is 0.0513 e. The Morgan fingerprint density at radius 3 is 2.00 bits per heavy atom. The summed E-state index contributed by atoms with van der Waals surface area (Å²) in [6, 6.07) is 0. The highest BCUT2D eigenvalue weighted by molar-refractivity contribution is 4.47. The molecule has 1 atom stereocenters. The third kappa shape index (κ3) is 11.9. The molecule has 0 spiro atoms. The summed E-state index contributed by atoms with van der Waals surface area (Å²) in [6.45, 7) is 7.95. The van der Waals surface area contributed by atoms with Crippen LogP contribution in [0.2, 0.25) is 0 Å². The lowest BCUT2D eigenvalue weighted by molar-refractivity contribution is 0.107. The van der Waals surface area contributed by atoms with Gasteiger partial charge in [-0.1, -0.05) is 13.8 Å². The molecule has 1 unspecified atom stereocenters. The SMILES string of the molecule is CC(C)CCCOCCCC(C)O. The molecule has 13 heavy (non-hydrogen) atoms. The molecule has 0 aromatic carbocycles. The van der Waals surface area contributed by atoms with Crippen LogP contribution in [0.3, 0.4) is 0 Å². The molecule has 0 fully saturated rings. The summed E-state index contributed by atoms with van der Waals surface area (Å²) in [5.41, 5.74) is 0. The lowest BCUT2D eigenvalue weighted by atomic mass is 10.1. The monoisotopic (exact) mass is 188 g/mol. The fourth-order valence-electron chi connectivity index (χ4n) is 1.18. The van der Waals surface area contributed by atoms with Crippen molar-refractivity contribution in [3.8, 4) is 0 Å². The van der Waals surface area contributed by atoms with Gasteiger partial charge in [-0.05, 0) is 38.5 Å². The average molecular weight is 188 g/mol. The van der Waals surface area contributed by atoms with E-state index in [2.05, 4.69) is 13.8 Å². The van der Waals surface area contributed by atoms with E-state index in [1.165, 1.54) is 6.42 Å². The zero-order valence-corrected chi connectivity index (χ0v) is 9.25. The van der Waals surface area contributed by atoms with Gasteiger partial charge in [-0.2, -0.15) is 0 Å². The molecule has 0 saturated heterocycles. The molecule has 0 aliphatic rings. The quantitative estimate of drug-likeness (QED) is 0.593. The van der Waals surface area contributed by atoms with Crippen LogP contribution in [-0.2, 0) is 4.74 Å². The predicted octanol–water partition coefficient (Wildman–Crippen LogP) is 2.60. The molecule has 0 aromatic heterocycles. The summed E-state index contributed by atoms with van der Waals surface area (Å²) in [4.78, 5) is 0. The number of ether oxygens (including phenoxy) is 1. The molecule has 0 aliphatic heterocycles. The van der Waals surface area contributed by atoms with E-state index in [4.69, 9.17) is 9.84 Å². The van der Waals surface area contributed by atoms with Crippen molar-refractivity contribution < 1.29 is 9.84 Å². The Bertz CT molecular complexity index is 88.3. The van der Waals surface area contributed by atoms with Gasteiger partial charge in [0.2, 0.25) is 0 Å². The van der Waals surface area contributed by atoms with E-state index < -0.39 is 0 Å². The molecule has 0 heterocycles. The fraction of sp³-hybridized carbons (Fsp3) is 1.00. The number of rotatable bonds is 8. The Balaban J connectivity index is 2.92. The van der Waals surface area contributed by atoms with Gasteiger partial charge in [0.15, 0.2) is 0 Å². The number of aliphatic hydroxyl groups excluding tert-OH is 1. The first-order valence-corrected chi connectivity index (χ1v) is 5.38. The van der Waals surface area contributed by atoms with Crippen molar-refractivity contribution in [1.82, 2.24) is 0 Å². The molecule has 1 N–H and O–H groups in total. The zero-order chi connectivity index (χ0) is 10.1. The van der Waals surface area contributed by atoms with Crippen molar-refractivity contribution in [3.63, 3.8) is 0 Å². The first-order valence-electron chi connectivity index (χ1n) is 5.38. The summed E-state index contributed by atoms with van der Waals surface area (Å²) in [5.74, 6) is 0.779. The smallest absolute Gasteiger partial charge is 0.0513 e. The van der Waals surface area contributed by atoms with Gasteiger partial charge in [-0.15, -0.1) is 0 Å². The summed E-state index contributed by atoms with van der Waals surface area (Å²) in [7, 11) is 0. The second-order valence-corrected chi connectivity index (χ2v) is 4.14. The molecule has 0 aromatic rings. The van der Waals surface area contributed by atoms with E-state index in [0.717, 1.165) is 38.4 Å². The molecular formula is C11H24O2. The molecule has 2 heteroatoms. The van der Waals surface area contributed by atoms with Crippen LogP contribution < -0.4 is 0 Å². The van der Waals surface area contributed by atoms with Gasteiger partial charge in [0.1, 0.15) is 0 Å². The minimum atomic E-state index is -0.181. The van der Waals surface area contributed by atoms with Crippen LogP contribution in [0.4, 0.5) is 0 Å². The van der Waals surface area contributed by atoms with Gasteiger partial charge in [0.25, 0.3) is 0 Å². The van der Waals surface area contributed by atoms with Crippen LogP contribution in [0.5, 0.6) is 0 Å². The summed E-state index contributed by atoms with van der Waals surface area (Å²) >= 11 is 0. The molecule has 2 nitrogen and oxygen atoms in total. The molecule has 0 amide bonds. The lowest BCUT2D eigenvalue weighted by Crippen LogP contribution is -2.04. The Hall–Kier alpha value is -0.0800. The average Bonchev–Trinajstić information content (AvgIpc) is 2.01. The molecule has 0 saturated carbocycles. The Morgan fingerprint density at radius 2 is 1.54 bits per heavy atom. The highest BCUT2D eigenvalue weighted by atomic mass is 16.5. The predicted molar refractivity (Wildman–Crippen MR) is 55.8 cm³/mol. The molecule has 0 rings (SSSR count). The first-order chi connectivity index (χ1) is 6.13. The lowest BCUT2D eigenvalue weighted by Gasteiger charge is -2.06. The summed E-state index contributed by atoms with van der Waals surface area (Å²) < 4.78 is 5.42. The molecule has 0 radical (unpaired) electrons. The van der Waals surface area contributed by atoms with Crippen molar-refractivity contribution >= 4 is 0 Å². The van der Waals surface area contributed by atoms with Gasteiger partial charge < -0.3 is 9.84 Å². The molecular weight excluding hydrogens is 164 g/mol. The standard InChI is InChI=1S/C11H24O2/c1-10(2)6-4-8-13-9-5-7-11(3)12/h10-12H,4-9H2,1-3H3. The summed E-state index contributed by atoms with van der Waals surface area (Å²) in [5, 5.41) is 8.97. The van der Waals surface area contributed by atoms with E-state index in [-0.39, 0.29) is 6.10 Å². The first kappa shape index (κ1) is 12.9. The number of hydrogen-bond acceptors (Lipinski definition) is 2. The van der Waals surface area contributed by atoms with Crippen LogP contribution in [0.25, 0.3) is 0 Å². The minimum absolute atomic E-state index is 0.181. The normalized spacial score (nSPS) is 13.6. The minimum Gasteiger partial charge on any atom is -0.393 e. The number of aliphatic hydroxyl groups is 1. The van der Waals surface area contributed by atoms with E-state index in [1.807, 2.05) is 6.92 Å². The largest absolute Gasteiger partial charge is 0.393 e. The van der Waals surface area contributed by atoms with Gasteiger partial charge >= 0.3 is 0 Å². The Kier molecular flexibility index (Phi) is 8.46. The Morgan fingerprint density at radius 1 is 1.00 bits per heavy atom. The maximum atomic E-state index is 8.97. The van der Waals surface area contributed by atoms with E-state index >= 15 is 0 Å². The van der Waals surface area contributed by atoms with Crippen molar-refractivity contribution in [2.45, 2.75) is 52.6 Å². The fourth-order valence-corrected chi connectivity index (χ4v) is 1.18. The van der Waals surface area contributed by atoms with Crippen molar-refractivity contribution in [2.75, 3.05) is 13.2 Å². The highest BCUT2D eigenvalue weighted by Crippen LogP contribution is 2.03. The van der Waals surface area contributed by atoms with Crippen LogP contribution in [0, 0.1) is 5.92 Å². The molecule has 0 bridgehead atoms. The highest BCUT2D eigenvalue weighted by Gasteiger charge is 1.96. The van der Waals surface area contributed by atoms with Crippen LogP contribution >= 0.6 is 0 Å². The van der Waals surface area contributed by atoms with Crippen molar-refractivity contribution in [3.05, 3.63) is 0 Å². The summed E-state index contributed by atoms with van der Waals surface area (Å²) in [6.07, 6.45) is 4.05. The topological polar surface area (TPSA) is 29.5 Å². The van der Waals surface area contributed by atoms with Gasteiger partial charge in [-0.25, -0.2) is 0 Å². The third-order valence-electron chi connectivity index (χ3n) is 1.98. The van der Waals surface area contributed by atoms with Gasteiger partial charge in [0, 0.05) is 13.2 Å².